The second kappa shape index (κ2) is 9.75. The number of rotatable bonds is 9. The van der Waals surface area contributed by atoms with E-state index in [9.17, 15) is 9.59 Å². The molecule has 0 aliphatic carbocycles. The maximum atomic E-state index is 12.0. The predicted octanol–water partition coefficient (Wildman–Crippen LogP) is 1.93. The molecule has 2 heterocycles. The molecule has 28 heavy (non-hydrogen) atoms. The van der Waals surface area contributed by atoms with Crippen molar-refractivity contribution >= 4 is 23.6 Å². The Labute approximate surface area is 166 Å². The van der Waals surface area contributed by atoms with Gasteiger partial charge in [0.25, 0.3) is 0 Å². The number of carbonyl (C=O) groups is 2. The highest BCUT2D eigenvalue weighted by molar-refractivity contribution is 7.99. The number of amides is 2. The van der Waals surface area contributed by atoms with Gasteiger partial charge in [-0.1, -0.05) is 42.1 Å². The van der Waals surface area contributed by atoms with E-state index in [1.165, 1.54) is 18.7 Å². The van der Waals surface area contributed by atoms with Crippen molar-refractivity contribution < 1.29 is 14.0 Å². The zero-order valence-corrected chi connectivity index (χ0v) is 16.2. The van der Waals surface area contributed by atoms with Crippen LogP contribution < -0.4 is 10.6 Å². The number of aromatic nitrogens is 3. The molecule has 0 radical (unpaired) electrons. The van der Waals surface area contributed by atoms with E-state index in [1.54, 1.807) is 12.3 Å². The predicted molar refractivity (Wildman–Crippen MR) is 106 cm³/mol. The average Bonchev–Trinajstić information content (AvgIpc) is 3.34. The van der Waals surface area contributed by atoms with E-state index < -0.39 is 0 Å². The number of benzene rings is 1. The third kappa shape index (κ3) is 5.46. The van der Waals surface area contributed by atoms with Crippen LogP contribution in [0.1, 0.15) is 12.5 Å². The molecule has 3 aromatic rings. The minimum Gasteiger partial charge on any atom is -0.461 e. The molecule has 8 nitrogen and oxygen atoms in total. The first-order valence-corrected chi connectivity index (χ1v) is 9.77. The van der Waals surface area contributed by atoms with Crippen LogP contribution in [0.4, 0.5) is 0 Å². The van der Waals surface area contributed by atoms with Crippen LogP contribution in [-0.4, -0.2) is 45.4 Å². The van der Waals surface area contributed by atoms with Crippen LogP contribution in [0.2, 0.25) is 0 Å². The summed E-state index contributed by atoms with van der Waals surface area (Å²) in [5, 5.41) is 14.5. The van der Waals surface area contributed by atoms with Crippen LogP contribution in [0.15, 0.2) is 58.3 Å². The maximum Gasteiger partial charge on any atom is 0.230 e. The SMILES string of the molecule is CC(=O)NCCNC(=O)CSc1nnc(-c2ccco2)n1Cc1ccccc1. The van der Waals surface area contributed by atoms with Gasteiger partial charge in [0.1, 0.15) is 0 Å². The number of nitrogens with zero attached hydrogens (tertiary/aromatic N) is 3. The lowest BCUT2D eigenvalue weighted by Crippen LogP contribution is -2.34. The molecule has 1 aromatic carbocycles. The van der Waals surface area contributed by atoms with Gasteiger partial charge in [-0.05, 0) is 17.7 Å². The molecule has 3 rings (SSSR count). The van der Waals surface area contributed by atoms with Crippen molar-refractivity contribution in [1.82, 2.24) is 25.4 Å². The summed E-state index contributed by atoms with van der Waals surface area (Å²) in [6, 6.07) is 13.6. The van der Waals surface area contributed by atoms with Gasteiger partial charge in [0, 0.05) is 20.0 Å². The number of hydrogen-bond donors (Lipinski definition) is 2. The Balaban J connectivity index is 1.67. The molecule has 0 unspecified atom stereocenters. The first-order valence-electron chi connectivity index (χ1n) is 8.78. The van der Waals surface area contributed by atoms with E-state index in [-0.39, 0.29) is 17.6 Å². The normalized spacial score (nSPS) is 10.6. The van der Waals surface area contributed by atoms with Gasteiger partial charge >= 0.3 is 0 Å². The molecule has 2 aromatic heterocycles. The van der Waals surface area contributed by atoms with Gasteiger partial charge in [0.05, 0.1) is 18.6 Å². The molecule has 9 heteroatoms. The van der Waals surface area contributed by atoms with Crippen LogP contribution in [-0.2, 0) is 16.1 Å². The summed E-state index contributed by atoms with van der Waals surface area (Å²) in [7, 11) is 0. The van der Waals surface area contributed by atoms with Gasteiger partial charge in [-0.15, -0.1) is 10.2 Å². The van der Waals surface area contributed by atoms with Gasteiger partial charge in [-0.25, -0.2) is 0 Å². The second-order valence-corrected chi connectivity index (χ2v) is 6.92. The molecule has 2 N–H and O–H groups in total. The first kappa shape index (κ1) is 19.7. The summed E-state index contributed by atoms with van der Waals surface area (Å²) in [6.07, 6.45) is 1.59. The Morgan fingerprint density at radius 1 is 1.07 bits per heavy atom. The van der Waals surface area contributed by atoms with Gasteiger partial charge in [0.2, 0.25) is 17.6 Å². The smallest absolute Gasteiger partial charge is 0.230 e. The van der Waals surface area contributed by atoms with Crippen molar-refractivity contribution in [1.29, 1.82) is 0 Å². The van der Waals surface area contributed by atoms with Crippen LogP contribution >= 0.6 is 11.8 Å². The zero-order valence-electron chi connectivity index (χ0n) is 15.4. The summed E-state index contributed by atoms with van der Waals surface area (Å²) >= 11 is 1.31. The van der Waals surface area contributed by atoms with Crippen molar-refractivity contribution in [3.63, 3.8) is 0 Å². The highest BCUT2D eigenvalue weighted by atomic mass is 32.2. The van der Waals surface area contributed by atoms with Gasteiger partial charge < -0.3 is 15.1 Å². The quantitative estimate of drug-likeness (QED) is 0.421. The average molecular weight is 399 g/mol. The minimum absolute atomic E-state index is 0.122. The third-order valence-electron chi connectivity index (χ3n) is 3.80. The summed E-state index contributed by atoms with van der Waals surface area (Å²) < 4.78 is 7.41. The molecule has 146 valence electrons. The summed E-state index contributed by atoms with van der Waals surface area (Å²) in [5.41, 5.74) is 1.09. The Hall–Kier alpha value is -3.07. The molecule has 0 atom stereocenters. The molecule has 0 bridgehead atoms. The Morgan fingerprint density at radius 3 is 2.57 bits per heavy atom. The largest absolute Gasteiger partial charge is 0.461 e. The lowest BCUT2D eigenvalue weighted by atomic mass is 10.2. The van der Waals surface area contributed by atoms with Crippen molar-refractivity contribution in [2.75, 3.05) is 18.8 Å². The van der Waals surface area contributed by atoms with E-state index >= 15 is 0 Å². The van der Waals surface area contributed by atoms with E-state index in [4.69, 9.17) is 4.42 Å². The number of hydrogen-bond acceptors (Lipinski definition) is 6. The van der Waals surface area contributed by atoms with Crippen LogP contribution in [0.5, 0.6) is 0 Å². The molecular weight excluding hydrogens is 378 g/mol. The highest BCUT2D eigenvalue weighted by Crippen LogP contribution is 2.25. The second-order valence-electron chi connectivity index (χ2n) is 5.98. The van der Waals surface area contributed by atoms with Crippen LogP contribution in [0, 0.1) is 0 Å². The summed E-state index contributed by atoms with van der Waals surface area (Å²) in [4.78, 5) is 22.9. The molecule has 0 saturated heterocycles. The zero-order chi connectivity index (χ0) is 19.8. The molecule has 0 spiro atoms. The Morgan fingerprint density at radius 2 is 1.86 bits per heavy atom. The lowest BCUT2D eigenvalue weighted by molar-refractivity contribution is -0.120. The minimum atomic E-state index is -0.135. The summed E-state index contributed by atoms with van der Waals surface area (Å²) in [5.74, 6) is 1.18. The molecule has 0 saturated carbocycles. The number of furan rings is 1. The third-order valence-corrected chi connectivity index (χ3v) is 4.76. The molecular formula is C19H21N5O3S. The van der Waals surface area contributed by atoms with Crippen LogP contribution in [0.3, 0.4) is 0 Å². The van der Waals surface area contributed by atoms with E-state index in [0.717, 1.165) is 5.56 Å². The standard InChI is InChI=1S/C19H21N5O3S/c1-14(25)20-9-10-21-17(26)13-28-19-23-22-18(16-8-5-11-27-16)24(19)12-15-6-3-2-4-7-15/h2-8,11H,9-10,12-13H2,1H3,(H,20,25)(H,21,26). The van der Waals surface area contributed by atoms with Crippen molar-refractivity contribution in [2.45, 2.75) is 18.6 Å². The Kier molecular flexibility index (Phi) is 6.85. The highest BCUT2D eigenvalue weighted by Gasteiger charge is 2.17. The fourth-order valence-electron chi connectivity index (χ4n) is 2.51. The number of carbonyl (C=O) groups excluding carboxylic acids is 2. The lowest BCUT2D eigenvalue weighted by Gasteiger charge is -2.09. The fourth-order valence-corrected chi connectivity index (χ4v) is 3.28. The fraction of sp³-hybridized carbons (Fsp3) is 0.263. The van der Waals surface area contributed by atoms with Crippen LogP contribution in [0.25, 0.3) is 11.6 Å². The van der Waals surface area contributed by atoms with Crippen molar-refractivity contribution in [2.24, 2.45) is 0 Å². The maximum absolute atomic E-state index is 12.0. The van der Waals surface area contributed by atoms with E-state index in [2.05, 4.69) is 20.8 Å². The van der Waals surface area contributed by atoms with Crippen molar-refractivity contribution in [3.8, 4) is 11.6 Å². The van der Waals surface area contributed by atoms with E-state index in [1.807, 2.05) is 41.0 Å². The molecule has 0 aliphatic heterocycles. The van der Waals surface area contributed by atoms with Crippen molar-refractivity contribution in [3.05, 3.63) is 54.3 Å². The van der Waals surface area contributed by atoms with Gasteiger partial charge in [-0.2, -0.15) is 0 Å². The summed E-state index contributed by atoms with van der Waals surface area (Å²) in [6.45, 7) is 2.79. The molecule has 0 fully saturated rings. The van der Waals surface area contributed by atoms with E-state index in [0.29, 0.717) is 36.4 Å². The molecule has 2 amide bonds. The number of thioether (sulfide) groups is 1. The first-order chi connectivity index (χ1) is 13.6. The molecule has 0 aliphatic rings. The number of nitrogens with one attached hydrogen (secondary N) is 2. The topological polar surface area (TPSA) is 102 Å². The van der Waals surface area contributed by atoms with Gasteiger partial charge in [-0.3, -0.25) is 14.2 Å². The van der Waals surface area contributed by atoms with Gasteiger partial charge in [0.15, 0.2) is 10.9 Å². The Bertz CT molecular complexity index is 909. The monoisotopic (exact) mass is 399 g/mol.